The van der Waals surface area contributed by atoms with Crippen LogP contribution in [0.15, 0.2) is 6.07 Å². The van der Waals surface area contributed by atoms with E-state index >= 15 is 0 Å². The van der Waals surface area contributed by atoms with Gasteiger partial charge in [0.1, 0.15) is 10.6 Å². The highest BCUT2D eigenvalue weighted by molar-refractivity contribution is 7.18. The molecule has 0 unspecified atom stereocenters. The van der Waals surface area contributed by atoms with E-state index in [-0.39, 0.29) is 0 Å². The Labute approximate surface area is 135 Å². The number of halogens is 1. The van der Waals surface area contributed by atoms with E-state index in [0.717, 1.165) is 35.5 Å². The first-order valence-corrected chi connectivity index (χ1v) is 8.44. The van der Waals surface area contributed by atoms with E-state index in [0.29, 0.717) is 17.8 Å². The van der Waals surface area contributed by atoms with Crippen molar-refractivity contribution >= 4 is 39.0 Å². The van der Waals surface area contributed by atoms with Gasteiger partial charge >= 0.3 is 0 Å². The average molecular weight is 328 g/mol. The molecule has 0 spiro atoms. The van der Waals surface area contributed by atoms with Crippen LogP contribution < -0.4 is 4.90 Å². The van der Waals surface area contributed by atoms with Crippen molar-refractivity contribution in [3.63, 3.8) is 0 Å². The van der Waals surface area contributed by atoms with Gasteiger partial charge in [0.05, 0.1) is 12.0 Å². The van der Waals surface area contributed by atoms with Crippen LogP contribution >= 0.6 is 22.9 Å². The van der Waals surface area contributed by atoms with Gasteiger partial charge in [-0.25, -0.2) is 4.98 Å². The summed E-state index contributed by atoms with van der Waals surface area (Å²) < 4.78 is 5.23. The highest BCUT2D eigenvalue weighted by Crippen LogP contribution is 2.32. The van der Waals surface area contributed by atoms with Crippen LogP contribution in [0.25, 0.3) is 10.2 Å². The molecule has 21 heavy (non-hydrogen) atoms. The van der Waals surface area contributed by atoms with Crippen LogP contribution in [0.5, 0.6) is 0 Å². The summed E-state index contributed by atoms with van der Waals surface area (Å²) in [7, 11) is 1.72. The molecule has 0 aliphatic rings. The standard InChI is InChI=1S/C15H22ClN3OS/c1-5-11-8-12-13(17-15(16)18-14(12)21-11)19(6-7-20-4)9-10(2)3/h8,10H,5-7,9H2,1-4H3. The minimum atomic E-state index is 0.313. The maximum atomic E-state index is 6.12. The fourth-order valence-corrected chi connectivity index (χ4v) is 3.45. The molecule has 0 atom stereocenters. The van der Waals surface area contributed by atoms with E-state index in [2.05, 4.69) is 41.7 Å². The maximum absolute atomic E-state index is 6.12. The molecule has 116 valence electrons. The third-order valence-electron chi connectivity index (χ3n) is 3.20. The topological polar surface area (TPSA) is 38.2 Å². The van der Waals surface area contributed by atoms with Crippen LogP contribution in [0, 0.1) is 5.92 Å². The highest BCUT2D eigenvalue weighted by atomic mass is 35.5. The second-order valence-electron chi connectivity index (χ2n) is 5.43. The van der Waals surface area contributed by atoms with Gasteiger partial charge in [-0.1, -0.05) is 20.8 Å². The molecule has 2 aromatic heterocycles. The molecule has 0 aliphatic heterocycles. The lowest BCUT2D eigenvalue weighted by molar-refractivity contribution is 0.204. The maximum Gasteiger partial charge on any atom is 0.225 e. The summed E-state index contributed by atoms with van der Waals surface area (Å²) >= 11 is 7.81. The lowest BCUT2D eigenvalue weighted by atomic mass is 10.2. The SMILES string of the molecule is CCc1cc2c(N(CCOC)CC(C)C)nc(Cl)nc2s1. The minimum Gasteiger partial charge on any atom is -0.383 e. The Hall–Kier alpha value is -0.910. The largest absolute Gasteiger partial charge is 0.383 e. The zero-order valence-corrected chi connectivity index (χ0v) is 14.6. The van der Waals surface area contributed by atoms with Crippen molar-refractivity contribution in [2.75, 3.05) is 31.7 Å². The average Bonchev–Trinajstić information content (AvgIpc) is 2.85. The summed E-state index contributed by atoms with van der Waals surface area (Å²) in [5.74, 6) is 1.46. The number of aromatic nitrogens is 2. The van der Waals surface area contributed by atoms with Crippen molar-refractivity contribution in [1.29, 1.82) is 0 Å². The number of aryl methyl sites for hydroxylation is 1. The molecular weight excluding hydrogens is 306 g/mol. The van der Waals surface area contributed by atoms with Crippen LogP contribution in [-0.4, -0.2) is 36.8 Å². The van der Waals surface area contributed by atoms with E-state index in [1.165, 1.54) is 4.88 Å². The number of hydrogen-bond acceptors (Lipinski definition) is 5. The molecule has 6 heteroatoms. The van der Waals surface area contributed by atoms with Crippen LogP contribution in [0.2, 0.25) is 5.28 Å². The Morgan fingerprint density at radius 2 is 2.14 bits per heavy atom. The van der Waals surface area contributed by atoms with Gasteiger partial charge in [0.25, 0.3) is 0 Å². The smallest absolute Gasteiger partial charge is 0.225 e. The fourth-order valence-electron chi connectivity index (χ4n) is 2.27. The summed E-state index contributed by atoms with van der Waals surface area (Å²) in [6.07, 6.45) is 1.00. The number of thiophene rings is 1. The first-order valence-electron chi connectivity index (χ1n) is 7.25. The number of nitrogens with zero attached hydrogens (tertiary/aromatic N) is 3. The first kappa shape index (κ1) is 16.5. The van der Waals surface area contributed by atoms with Crippen LogP contribution in [0.3, 0.4) is 0 Å². The van der Waals surface area contributed by atoms with Crippen molar-refractivity contribution < 1.29 is 4.74 Å². The molecule has 4 nitrogen and oxygen atoms in total. The fraction of sp³-hybridized carbons (Fsp3) is 0.600. The summed E-state index contributed by atoms with van der Waals surface area (Å²) in [5, 5.41) is 1.41. The predicted octanol–water partition coefficient (Wildman–Crippen LogP) is 4.02. The van der Waals surface area contributed by atoms with Crippen LogP contribution in [0.4, 0.5) is 5.82 Å². The molecule has 0 aliphatic carbocycles. The number of ether oxygens (including phenoxy) is 1. The Balaban J connectivity index is 2.46. The molecule has 0 radical (unpaired) electrons. The lowest BCUT2D eigenvalue weighted by Gasteiger charge is -2.26. The molecule has 0 aromatic carbocycles. The molecule has 2 heterocycles. The van der Waals surface area contributed by atoms with Gasteiger partial charge in [-0.15, -0.1) is 11.3 Å². The normalized spacial score (nSPS) is 11.5. The van der Waals surface area contributed by atoms with E-state index in [1.54, 1.807) is 18.4 Å². The minimum absolute atomic E-state index is 0.313. The van der Waals surface area contributed by atoms with Crippen LogP contribution in [-0.2, 0) is 11.2 Å². The molecule has 0 fully saturated rings. The van der Waals surface area contributed by atoms with Crippen molar-refractivity contribution in [3.05, 3.63) is 16.2 Å². The van der Waals surface area contributed by atoms with E-state index in [4.69, 9.17) is 16.3 Å². The zero-order valence-electron chi connectivity index (χ0n) is 13.0. The monoisotopic (exact) mass is 327 g/mol. The van der Waals surface area contributed by atoms with Crippen molar-refractivity contribution in [3.8, 4) is 0 Å². The molecule has 2 aromatic rings. The lowest BCUT2D eigenvalue weighted by Crippen LogP contribution is -2.31. The molecule has 0 saturated carbocycles. The Morgan fingerprint density at radius 1 is 1.38 bits per heavy atom. The van der Waals surface area contributed by atoms with Gasteiger partial charge in [0.2, 0.25) is 5.28 Å². The number of anilines is 1. The number of methoxy groups -OCH3 is 1. The van der Waals surface area contributed by atoms with Gasteiger partial charge in [-0.2, -0.15) is 4.98 Å². The van der Waals surface area contributed by atoms with E-state index in [9.17, 15) is 0 Å². The molecule has 0 saturated heterocycles. The van der Waals surface area contributed by atoms with Gasteiger partial charge in [-0.3, -0.25) is 0 Å². The summed E-state index contributed by atoms with van der Waals surface area (Å²) in [5.41, 5.74) is 0. The third-order valence-corrected chi connectivity index (χ3v) is 4.54. The molecule has 0 amide bonds. The number of hydrogen-bond donors (Lipinski definition) is 0. The highest BCUT2D eigenvalue weighted by Gasteiger charge is 2.17. The molecule has 0 bridgehead atoms. The second-order valence-corrected chi connectivity index (χ2v) is 6.89. The summed E-state index contributed by atoms with van der Waals surface area (Å²) in [6.45, 7) is 8.93. The molecular formula is C15H22ClN3OS. The molecule has 2 rings (SSSR count). The van der Waals surface area contributed by atoms with Gasteiger partial charge in [-0.05, 0) is 30.0 Å². The summed E-state index contributed by atoms with van der Waals surface area (Å²) in [6, 6.07) is 2.19. The summed E-state index contributed by atoms with van der Waals surface area (Å²) in [4.78, 5) is 13.4. The number of rotatable bonds is 7. The van der Waals surface area contributed by atoms with Crippen molar-refractivity contribution in [2.24, 2.45) is 5.92 Å². The number of fused-ring (bicyclic) bond motifs is 1. The van der Waals surface area contributed by atoms with Gasteiger partial charge < -0.3 is 9.64 Å². The zero-order chi connectivity index (χ0) is 15.4. The van der Waals surface area contributed by atoms with Crippen LogP contribution in [0.1, 0.15) is 25.6 Å². The van der Waals surface area contributed by atoms with E-state index in [1.807, 2.05) is 0 Å². The van der Waals surface area contributed by atoms with E-state index < -0.39 is 0 Å². The molecule has 0 N–H and O–H groups in total. The third kappa shape index (κ3) is 4.05. The van der Waals surface area contributed by atoms with Gasteiger partial charge in [0, 0.05) is 25.1 Å². The Morgan fingerprint density at radius 3 is 2.76 bits per heavy atom. The second kappa shape index (κ2) is 7.38. The predicted molar refractivity (Wildman–Crippen MR) is 90.7 cm³/mol. The van der Waals surface area contributed by atoms with Crippen molar-refractivity contribution in [1.82, 2.24) is 9.97 Å². The first-order chi connectivity index (χ1) is 10.0. The Bertz CT molecular complexity index is 600. The van der Waals surface area contributed by atoms with Crippen molar-refractivity contribution in [2.45, 2.75) is 27.2 Å². The van der Waals surface area contributed by atoms with Gasteiger partial charge in [0.15, 0.2) is 0 Å². The quantitative estimate of drug-likeness (QED) is 0.720. The Kier molecular flexibility index (Phi) is 5.79.